The van der Waals surface area contributed by atoms with E-state index in [1.165, 1.54) is 0 Å². The van der Waals surface area contributed by atoms with Gasteiger partial charge in [-0.25, -0.2) is 9.97 Å². The lowest BCUT2D eigenvalue weighted by atomic mass is 10.1. The standard InChI is InChI=1S/C20H16N4O2/c25-19(14-26-17-5-2-1-3-6-17)22-16-9-7-15(8-10-16)18-13-24-12-4-11-21-20(24)23-18/h1-13H,14H2,(H,22,25). The smallest absolute Gasteiger partial charge is 0.262 e. The lowest BCUT2D eigenvalue weighted by molar-refractivity contribution is -0.118. The highest BCUT2D eigenvalue weighted by Crippen LogP contribution is 2.20. The van der Waals surface area contributed by atoms with Crippen LogP contribution in [0.4, 0.5) is 5.69 Å². The van der Waals surface area contributed by atoms with Crippen LogP contribution in [0.25, 0.3) is 17.0 Å². The van der Waals surface area contributed by atoms with Crippen LogP contribution in [0.15, 0.2) is 79.3 Å². The molecule has 0 radical (unpaired) electrons. The van der Waals surface area contributed by atoms with Crippen LogP contribution in [0.1, 0.15) is 0 Å². The number of aromatic nitrogens is 3. The maximum atomic E-state index is 12.0. The summed E-state index contributed by atoms with van der Waals surface area (Å²) in [6, 6.07) is 18.6. The number of hydrogen-bond acceptors (Lipinski definition) is 4. The quantitative estimate of drug-likeness (QED) is 0.602. The number of imidazole rings is 1. The first kappa shape index (κ1) is 15.8. The average Bonchev–Trinajstić information content (AvgIpc) is 3.12. The number of benzene rings is 2. The number of fused-ring (bicyclic) bond motifs is 1. The Bertz CT molecular complexity index is 994. The van der Waals surface area contributed by atoms with Gasteiger partial charge in [-0.1, -0.05) is 30.3 Å². The minimum atomic E-state index is -0.210. The van der Waals surface area contributed by atoms with Crippen molar-refractivity contribution in [1.29, 1.82) is 0 Å². The van der Waals surface area contributed by atoms with Crippen molar-refractivity contribution in [3.8, 4) is 17.0 Å². The Hall–Kier alpha value is -3.67. The molecule has 0 saturated heterocycles. The third kappa shape index (κ3) is 3.54. The molecule has 0 aliphatic heterocycles. The number of rotatable bonds is 5. The van der Waals surface area contributed by atoms with Crippen molar-refractivity contribution in [2.24, 2.45) is 0 Å². The van der Waals surface area contributed by atoms with Crippen LogP contribution in [0.3, 0.4) is 0 Å². The van der Waals surface area contributed by atoms with Crippen LogP contribution < -0.4 is 10.1 Å². The predicted octanol–water partition coefficient (Wildman–Crippen LogP) is 3.41. The molecular weight excluding hydrogens is 328 g/mol. The number of anilines is 1. The number of nitrogens with one attached hydrogen (secondary N) is 1. The van der Waals surface area contributed by atoms with Crippen LogP contribution in [0, 0.1) is 0 Å². The van der Waals surface area contributed by atoms with E-state index < -0.39 is 0 Å². The lowest BCUT2D eigenvalue weighted by Gasteiger charge is -2.07. The highest BCUT2D eigenvalue weighted by atomic mass is 16.5. The molecule has 0 saturated carbocycles. The van der Waals surface area contributed by atoms with Crippen molar-refractivity contribution in [2.45, 2.75) is 0 Å². The number of carbonyl (C=O) groups is 1. The molecule has 0 fully saturated rings. The second-order valence-corrected chi connectivity index (χ2v) is 5.68. The Morgan fingerprint density at radius 2 is 1.85 bits per heavy atom. The number of ether oxygens (including phenoxy) is 1. The predicted molar refractivity (Wildman–Crippen MR) is 99.0 cm³/mol. The Morgan fingerprint density at radius 3 is 2.62 bits per heavy atom. The topological polar surface area (TPSA) is 68.5 Å². The summed E-state index contributed by atoms with van der Waals surface area (Å²) in [7, 11) is 0. The summed E-state index contributed by atoms with van der Waals surface area (Å²) >= 11 is 0. The molecule has 6 nitrogen and oxygen atoms in total. The first-order valence-corrected chi connectivity index (χ1v) is 8.16. The summed E-state index contributed by atoms with van der Waals surface area (Å²) in [5.74, 6) is 1.11. The molecule has 1 N–H and O–H groups in total. The minimum Gasteiger partial charge on any atom is -0.484 e. The average molecular weight is 344 g/mol. The van der Waals surface area contributed by atoms with Crippen LogP contribution in [0.5, 0.6) is 5.75 Å². The Labute approximate surface area is 150 Å². The number of amides is 1. The zero-order valence-corrected chi connectivity index (χ0v) is 13.9. The maximum Gasteiger partial charge on any atom is 0.262 e. The first-order chi connectivity index (χ1) is 12.8. The van der Waals surface area contributed by atoms with Crippen molar-refractivity contribution in [3.63, 3.8) is 0 Å². The third-order valence-electron chi connectivity index (χ3n) is 3.81. The van der Waals surface area contributed by atoms with E-state index in [4.69, 9.17) is 4.74 Å². The molecule has 4 rings (SSSR count). The summed E-state index contributed by atoms with van der Waals surface area (Å²) in [5, 5.41) is 2.82. The summed E-state index contributed by atoms with van der Waals surface area (Å²) in [4.78, 5) is 20.7. The molecular formula is C20H16N4O2. The zero-order valence-electron chi connectivity index (χ0n) is 13.9. The first-order valence-electron chi connectivity index (χ1n) is 8.16. The summed E-state index contributed by atoms with van der Waals surface area (Å²) in [6.07, 6.45) is 5.53. The molecule has 2 aromatic heterocycles. The summed E-state index contributed by atoms with van der Waals surface area (Å²) in [6.45, 7) is -0.0378. The van der Waals surface area contributed by atoms with Crippen molar-refractivity contribution >= 4 is 17.4 Å². The molecule has 2 aromatic carbocycles. The molecule has 6 heteroatoms. The number of carbonyl (C=O) groups excluding carboxylic acids is 1. The molecule has 4 aromatic rings. The molecule has 0 spiro atoms. The summed E-state index contributed by atoms with van der Waals surface area (Å²) < 4.78 is 7.30. The molecule has 2 heterocycles. The van der Waals surface area contributed by atoms with E-state index in [0.717, 1.165) is 11.3 Å². The van der Waals surface area contributed by atoms with E-state index in [1.807, 2.05) is 77.5 Å². The van der Waals surface area contributed by atoms with E-state index in [0.29, 0.717) is 17.2 Å². The molecule has 0 bridgehead atoms. The molecule has 0 unspecified atom stereocenters. The highest BCUT2D eigenvalue weighted by Gasteiger charge is 2.07. The van der Waals surface area contributed by atoms with E-state index >= 15 is 0 Å². The maximum absolute atomic E-state index is 12.0. The van der Waals surface area contributed by atoms with Crippen molar-refractivity contribution in [3.05, 3.63) is 79.3 Å². The van der Waals surface area contributed by atoms with Crippen molar-refractivity contribution < 1.29 is 9.53 Å². The van der Waals surface area contributed by atoms with Gasteiger partial charge in [-0.15, -0.1) is 0 Å². The van der Waals surface area contributed by atoms with E-state index in [1.54, 1.807) is 6.20 Å². The van der Waals surface area contributed by atoms with Gasteiger partial charge in [0.05, 0.1) is 5.69 Å². The van der Waals surface area contributed by atoms with Crippen molar-refractivity contribution in [2.75, 3.05) is 11.9 Å². The van der Waals surface area contributed by atoms with E-state index in [-0.39, 0.29) is 12.5 Å². The van der Waals surface area contributed by atoms with Gasteiger partial charge in [0.1, 0.15) is 5.75 Å². The normalized spacial score (nSPS) is 10.6. The van der Waals surface area contributed by atoms with Crippen LogP contribution in [-0.2, 0) is 4.79 Å². The molecule has 1 amide bonds. The Kier molecular flexibility index (Phi) is 4.30. The fourth-order valence-corrected chi connectivity index (χ4v) is 2.56. The number of nitrogens with zero attached hydrogens (tertiary/aromatic N) is 3. The third-order valence-corrected chi connectivity index (χ3v) is 3.81. The molecule has 26 heavy (non-hydrogen) atoms. The molecule has 0 aliphatic rings. The van der Waals surface area contributed by atoms with Gasteiger partial charge in [0.25, 0.3) is 5.91 Å². The summed E-state index contributed by atoms with van der Waals surface area (Å²) in [5.41, 5.74) is 2.49. The Morgan fingerprint density at radius 1 is 1.04 bits per heavy atom. The second kappa shape index (κ2) is 7.06. The monoisotopic (exact) mass is 344 g/mol. The SMILES string of the molecule is O=C(COc1ccccc1)Nc1ccc(-c2cn3cccnc3n2)cc1. The van der Waals surface area contributed by atoms with Crippen LogP contribution in [0.2, 0.25) is 0 Å². The Balaban J connectivity index is 1.40. The lowest BCUT2D eigenvalue weighted by Crippen LogP contribution is -2.20. The van der Waals surface area contributed by atoms with Gasteiger partial charge in [-0.3, -0.25) is 9.20 Å². The largest absolute Gasteiger partial charge is 0.484 e. The highest BCUT2D eigenvalue weighted by molar-refractivity contribution is 5.92. The van der Waals surface area contributed by atoms with Gasteiger partial charge < -0.3 is 10.1 Å². The van der Waals surface area contributed by atoms with Gasteiger partial charge in [0, 0.05) is 29.8 Å². The van der Waals surface area contributed by atoms with Gasteiger partial charge in [-0.2, -0.15) is 0 Å². The van der Waals surface area contributed by atoms with Gasteiger partial charge in [-0.05, 0) is 30.3 Å². The molecule has 128 valence electrons. The van der Waals surface area contributed by atoms with Gasteiger partial charge in [0.2, 0.25) is 5.78 Å². The van der Waals surface area contributed by atoms with Crippen LogP contribution >= 0.6 is 0 Å². The zero-order chi connectivity index (χ0) is 17.8. The second-order valence-electron chi connectivity index (χ2n) is 5.68. The number of para-hydroxylation sites is 1. The van der Waals surface area contributed by atoms with E-state index in [2.05, 4.69) is 15.3 Å². The molecule has 0 aliphatic carbocycles. The minimum absolute atomic E-state index is 0.0378. The fraction of sp³-hybridized carbons (Fsp3) is 0.0500. The van der Waals surface area contributed by atoms with Gasteiger partial charge in [0.15, 0.2) is 6.61 Å². The fourth-order valence-electron chi connectivity index (χ4n) is 2.56. The number of hydrogen-bond donors (Lipinski definition) is 1. The molecule has 0 atom stereocenters. The van der Waals surface area contributed by atoms with Crippen molar-refractivity contribution in [1.82, 2.24) is 14.4 Å². The van der Waals surface area contributed by atoms with E-state index in [9.17, 15) is 4.79 Å². The van der Waals surface area contributed by atoms with Gasteiger partial charge >= 0.3 is 0 Å². The van der Waals surface area contributed by atoms with Crippen LogP contribution in [-0.4, -0.2) is 26.9 Å².